The number of halogens is 3. The number of carbonyl (C=O) groups excluding carboxylic acids is 1. The smallest absolute Gasteiger partial charge is 0.318 e. The van der Waals surface area contributed by atoms with Crippen molar-refractivity contribution in [2.75, 3.05) is 38.2 Å². The number of nitrogens with zero attached hydrogens (tertiary/aromatic N) is 6. The Labute approximate surface area is 246 Å². The molecule has 1 N–H and O–H groups in total. The summed E-state index contributed by atoms with van der Waals surface area (Å²) in [6.45, 7) is 0.874. The van der Waals surface area contributed by atoms with Gasteiger partial charge in [-0.25, -0.2) is 18.2 Å². The second kappa shape index (κ2) is 11.2. The number of aromatic hydroxyl groups is 1. The number of piperazine rings is 1. The van der Waals surface area contributed by atoms with Gasteiger partial charge in [0.2, 0.25) is 0 Å². The van der Waals surface area contributed by atoms with Crippen molar-refractivity contribution in [3.63, 3.8) is 0 Å². The minimum absolute atomic E-state index is 0.0842. The van der Waals surface area contributed by atoms with Gasteiger partial charge in [0, 0.05) is 61.0 Å². The largest absolute Gasteiger partial charge is 0.508 e. The molecule has 1 aliphatic heterocycles. The molecule has 13 heteroatoms. The van der Waals surface area contributed by atoms with Gasteiger partial charge in [0.1, 0.15) is 33.6 Å². The van der Waals surface area contributed by atoms with E-state index in [-0.39, 0.29) is 71.0 Å². The highest BCUT2D eigenvalue weighted by molar-refractivity contribution is 7.10. The topological polar surface area (TPSA) is 105 Å². The van der Waals surface area contributed by atoms with E-state index >= 15 is 4.39 Å². The number of ether oxygens (including phenoxy) is 1. The van der Waals surface area contributed by atoms with Crippen LogP contribution in [-0.2, 0) is 4.79 Å². The van der Waals surface area contributed by atoms with E-state index in [1.54, 1.807) is 10.3 Å². The van der Waals surface area contributed by atoms with E-state index in [1.807, 2.05) is 0 Å². The molecule has 43 heavy (non-hydrogen) atoms. The van der Waals surface area contributed by atoms with E-state index in [0.29, 0.717) is 16.2 Å². The number of rotatable bonds is 5. The van der Waals surface area contributed by atoms with E-state index in [4.69, 9.17) is 11.2 Å². The van der Waals surface area contributed by atoms with Gasteiger partial charge in [0.25, 0.3) is 5.91 Å². The molecule has 1 fully saturated rings. The first-order valence-electron chi connectivity index (χ1n) is 12.9. The molecule has 0 spiro atoms. The van der Waals surface area contributed by atoms with Gasteiger partial charge in [0.15, 0.2) is 11.6 Å². The van der Waals surface area contributed by atoms with Gasteiger partial charge in [-0.2, -0.15) is 9.97 Å². The molecule has 2 aromatic carbocycles. The minimum Gasteiger partial charge on any atom is -0.508 e. The lowest BCUT2D eigenvalue weighted by molar-refractivity contribution is -0.128. The second-order valence-corrected chi connectivity index (χ2v) is 10.4. The van der Waals surface area contributed by atoms with Crippen molar-refractivity contribution in [1.82, 2.24) is 24.8 Å². The van der Waals surface area contributed by atoms with Gasteiger partial charge in [-0.3, -0.25) is 9.78 Å². The van der Waals surface area contributed by atoms with Crippen LogP contribution in [0.4, 0.5) is 19.0 Å². The van der Waals surface area contributed by atoms with Crippen molar-refractivity contribution in [2.24, 2.45) is 0 Å². The maximum absolute atomic E-state index is 16.3. The number of anilines is 1. The molecule has 0 aliphatic carbocycles. The number of terminal acetylenes is 1. The first kappa shape index (κ1) is 27.9. The maximum Gasteiger partial charge on any atom is 0.318 e. The fourth-order valence-electron chi connectivity index (χ4n) is 5.04. The summed E-state index contributed by atoms with van der Waals surface area (Å²) >= 11 is 1.21. The highest BCUT2D eigenvalue weighted by atomic mass is 32.1. The summed E-state index contributed by atoms with van der Waals surface area (Å²) in [5, 5.41) is 13.3. The molecule has 216 valence electrons. The normalized spacial score (nSPS) is 13.9. The summed E-state index contributed by atoms with van der Waals surface area (Å²) in [4.78, 5) is 32.8. The van der Waals surface area contributed by atoms with Gasteiger partial charge in [-0.15, -0.1) is 17.8 Å². The molecule has 0 bridgehead atoms. The van der Waals surface area contributed by atoms with E-state index < -0.39 is 23.4 Å². The van der Waals surface area contributed by atoms with E-state index in [2.05, 4.69) is 25.9 Å². The summed E-state index contributed by atoms with van der Waals surface area (Å²) in [7, 11) is 1.34. The van der Waals surface area contributed by atoms with Crippen LogP contribution in [0.2, 0.25) is 0 Å². The van der Waals surface area contributed by atoms with Crippen molar-refractivity contribution in [3.05, 3.63) is 70.1 Å². The standard InChI is InChI=1S/C30H21F3N6O3S/c1-3-18-21(31)5-4-16-12-17(40)13-19(24(16)18)26-25(33)27-20(15-35-26)28(37-30(36-27)42-2)38-7-9-39(10-8-38)29(41)22(32)14-23-34-6-11-43-23/h1,4-6,11-15,40H,7-10H2,2H3/b22-14-. The number of aromatic nitrogens is 4. The molecular weight excluding hydrogens is 581 g/mol. The predicted molar refractivity (Wildman–Crippen MR) is 156 cm³/mol. The van der Waals surface area contributed by atoms with E-state index in [0.717, 1.165) is 6.08 Å². The molecule has 1 amide bonds. The third-order valence-electron chi connectivity index (χ3n) is 7.05. The average molecular weight is 603 g/mol. The number of benzene rings is 2. The Balaban J connectivity index is 1.37. The third-order valence-corrected chi connectivity index (χ3v) is 7.77. The SMILES string of the molecule is C#Cc1c(F)ccc2cc(O)cc(-c3ncc4c(N5CCN(C(=O)/C(F)=C/c6nccs6)CC5)nc(OC)nc4c3F)c12. The van der Waals surface area contributed by atoms with Crippen molar-refractivity contribution in [2.45, 2.75) is 0 Å². The van der Waals surface area contributed by atoms with Crippen molar-refractivity contribution < 1.29 is 27.8 Å². The molecule has 0 radical (unpaired) electrons. The summed E-state index contributed by atoms with van der Waals surface area (Å²) in [6.07, 6.45) is 9.59. The highest BCUT2D eigenvalue weighted by Gasteiger charge is 2.28. The van der Waals surface area contributed by atoms with Crippen LogP contribution in [-0.4, -0.2) is 69.1 Å². The Morgan fingerprint density at radius 3 is 2.65 bits per heavy atom. The first-order valence-corrected chi connectivity index (χ1v) is 13.8. The summed E-state index contributed by atoms with van der Waals surface area (Å²) in [5.74, 6) is -0.775. The summed E-state index contributed by atoms with van der Waals surface area (Å²) in [5.41, 5.74) is -0.348. The van der Waals surface area contributed by atoms with E-state index in [1.165, 1.54) is 60.0 Å². The lowest BCUT2D eigenvalue weighted by Crippen LogP contribution is -2.49. The highest BCUT2D eigenvalue weighted by Crippen LogP contribution is 2.38. The number of phenols is 1. The number of hydrogen-bond donors (Lipinski definition) is 1. The van der Waals surface area contributed by atoms with Crippen LogP contribution >= 0.6 is 11.3 Å². The Morgan fingerprint density at radius 2 is 1.95 bits per heavy atom. The van der Waals surface area contributed by atoms with Crippen LogP contribution in [0, 0.1) is 24.0 Å². The number of hydrogen-bond acceptors (Lipinski definition) is 9. The molecule has 3 aromatic heterocycles. The third kappa shape index (κ3) is 5.06. The Hall–Kier alpha value is -5.22. The molecule has 1 saturated heterocycles. The van der Waals surface area contributed by atoms with Crippen molar-refractivity contribution >= 4 is 50.8 Å². The van der Waals surface area contributed by atoms with Gasteiger partial charge < -0.3 is 19.6 Å². The van der Waals surface area contributed by atoms with Crippen LogP contribution in [0.15, 0.2) is 47.9 Å². The maximum atomic E-state index is 16.3. The van der Waals surface area contributed by atoms with Gasteiger partial charge in [-0.1, -0.05) is 12.0 Å². The zero-order valence-corrected chi connectivity index (χ0v) is 23.3. The number of carbonyl (C=O) groups is 1. The predicted octanol–water partition coefficient (Wildman–Crippen LogP) is 4.93. The second-order valence-electron chi connectivity index (χ2n) is 9.52. The Morgan fingerprint density at radius 1 is 1.16 bits per heavy atom. The fourth-order valence-corrected chi connectivity index (χ4v) is 5.60. The van der Waals surface area contributed by atoms with Gasteiger partial charge in [-0.05, 0) is 23.6 Å². The number of phenolic OH excluding ortho intramolecular Hbond substituents is 1. The summed E-state index contributed by atoms with van der Waals surface area (Å²) in [6, 6.07) is 5.14. The minimum atomic E-state index is -0.913. The quantitative estimate of drug-likeness (QED) is 0.223. The Kier molecular flexibility index (Phi) is 7.29. The molecular formula is C30H21F3N6O3S. The monoisotopic (exact) mass is 602 g/mol. The number of thiazole rings is 1. The zero-order valence-electron chi connectivity index (χ0n) is 22.5. The molecule has 0 unspecified atom stereocenters. The molecule has 5 aromatic rings. The summed E-state index contributed by atoms with van der Waals surface area (Å²) < 4.78 is 50.7. The van der Waals surface area contributed by atoms with Crippen LogP contribution in [0.1, 0.15) is 10.6 Å². The number of pyridine rings is 1. The van der Waals surface area contributed by atoms with Gasteiger partial charge in [0.05, 0.1) is 18.1 Å². The average Bonchev–Trinajstić information content (AvgIpc) is 3.53. The Bertz CT molecular complexity index is 1970. The molecule has 6 rings (SSSR count). The van der Waals surface area contributed by atoms with E-state index in [9.17, 15) is 18.7 Å². The lowest BCUT2D eigenvalue weighted by atomic mass is 9.96. The van der Waals surface area contributed by atoms with Crippen LogP contribution in [0.5, 0.6) is 11.8 Å². The van der Waals surface area contributed by atoms with Crippen molar-refractivity contribution in [3.8, 4) is 35.4 Å². The number of methoxy groups -OCH3 is 1. The van der Waals surface area contributed by atoms with Gasteiger partial charge >= 0.3 is 6.01 Å². The number of amides is 1. The molecule has 0 saturated carbocycles. The first-order chi connectivity index (χ1) is 20.8. The van der Waals surface area contributed by atoms with Crippen LogP contribution in [0.25, 0.3) is 39.0 Å². The van der Waals surface area contributed by atoms with Crippen molar-refractivity contribution in [1.29, 1.82) is 0 Å². The molecule has 1 aliphatic rings. The number of fused-ring (bicyclic) bond motifs is 2. The van der Waals surface area contributed by atoms with Crippen LogP contribution < -0.4 is 9.64 Å². The fraction of sp³-hybridized carbons (Fsp3) is 0.167. The molecule has 9 nitrogen and oxygen atoms in total. The molecule has 0 atom stereocenters. The zero-order chi connectivity index (χ0) is 30.2. The lowest BCUT2D eigenvalue weighted by Gasteiger charge is -2.35. The molecule has 4 heterocycles. The van der Waals surface area contributed by atoms with Crippen LogP contribution in [0.3, 0.4) is 0 Å².